The van der Waals surface area contributed by atoms with Crippen LogP contribution in [0.4, 0.5) is 0 Å². The van der Waals surface area contributed by atoms with Gasteiger partial charge in [0.1, 0.15) is 10.6 Å². The standard InChI is InChI=1S/C18H25N5O4S/c1-13-17(15(3)27-20-13)28(25,26)21-14(2)18(24)23-10-8-22(9-11-23)12-16-4-6-19-7-5-16/h4-7,14,21H,8-12H2,1-3H3/t14-/m0/s1. The molecule has 9 nitrogen and oxygen atoms in total. The van der Waals surface area contributed by atoms with Gasteiger partial charge in [0.15, 0.2) is 5.76 Å². The number of aromatic nitrogens is 2. The Balaban J connectivity index is 1.56. The molecule has 0 aliphatic carbocycles. The SMILES string of the molecule is Cc1noc(C)c1S(=O)(=O)N[C@@H](C)C(=O)N1CCN(Cc2ccncc2)CC1. The van der Waals surface area contributed by atoms with E-state index < -0.39 is 16.1 Å². The second-order valence-corrected chi connectivity index (χ2v) is 8.60. The van der Waals surface area contributed by atoms with Crippen molar-refractivity contribution in [2.75, 3.05) is 26.2 Å². The zero-order chi connectivity index (χ0) is 20.3. The molecular weight excluding hydrogens is 382 g/mol. The summed E-state index contributed by atoms with van der Waals surface area (Å²) in [5.41, 5.74) is 1.45. The molecule has 28 heavy (non-hydrogen) atoms. The first-order valence-corrected chi connectivity index (χ1v) is 10.6. The predicted molar refractivity (Wildman–Crippen MR) is 102 cm³/mol. The molecule has 3 heterocycles. The molecule has 2 aromatic heterocycles. The molecule has 0 bridgehead atoms. The van der Waals surface area contributed by atoms with Crippen LogP contribution < -0.4 is 4.72 Å². The van der Waals surface area contributed by atoms with E-state index >= 15 is 0 Å². The van der Waals surface area contributed by atoms with E-state index in [1.165, 1.54) is 12.5 Å². The third kappa shape index (κ3) is 4.57. The average Bonchev–Trinajstić information content (AvgIpc) is 3.01. The fraction of sp³-hybridized carbons (Fsp3) is 0.500. The van der Waals surface area contributed by atoms with Crippen LogP contribution in [0, 0.1) is 13.8 Å². The number of sulfonamides is 1. The van der Waals surface area contributed by atoms with E-state index in [0.29, 0.717) is 13.1 Å². The van der Waals surface area contributed by atoms with E-state index in [2.05, 4.69) is 19.8 Å². The van der Waals surface area contributed by atoms with Crippen molar-refractivity contribution in [2.24, 2.45) is 0 Å². The highest BCUT2D eigenvalue weighted by Crippen LogP contribution is 2.19. The monoisotopic (exact) mass is 407 g/mol. The molecule has 0 spiro atoms. The summed E-state index contributed by atoms with van der Waals surface area (Å²) in [7, 11) is -3.88. The fourth-order valence-corrected chi connectivity index (χ4v) is 4.87. The number of amides is 1. The Morgan fingerprint density at radius 3 is 2.43 bits per heavy atom. The number of nitrogens with zero attached hydrogens (tertiary/aromatic N) is 4. The van der Waals surface area contributed by atoms with Gasteiger partial charge in [-0.15, -0.1) is 0 Å². The molecule has 2 aromatic rings. The van der Waals surface area contributed by atoms with Crippen molar-refractivity contribution in [2.45, 2.75) is 38.3 Å². The Hall–Kier alpha value is -2.30. The molecule has 3 rings (SSSR count). The molecule has 1 aliphatic rings. The van der Waals surface area contributed by atoms with Crippen molar-refractivity contribution in [1.82, 2.24) is 24.7 Å². The van der Waals surface area contributed by atoms with Gasteiger partial charge in [0.05, 0.1) is 6.04 Å². The zero-order valence-electron chi connectivity index (χ0n) is 16.3. The summed E-state index contributed by atoms with van der Waals surface area (Å²) in [6.07, 6.45) is 3.53. The number of hydrogen-bond donors (Lipinski definition) is 1. The summed E-state index contributed by atoms with van der Waals surface area (Å²) in [5.74, 6) is -0.0340. The highest BCUT2D eigenvalue weighted by atomic mass is 32.2. The maximum absolute atomic E-state index is 12.7. The molecule has 10 heteroatoms. The van der Waals surface area contributed by atoms with Crippen molar-refractivity contribution in [3.05, 3.63) is 41.5 Å². The minimum Gasteiger partial charge on any atom is -0.360 e. The lowest BCUT2D eigenvalue weighted by Gasteiger charge is -2.36. The summed E-state index contributed by atoms with van der Waals surface area (Å²) in [5, 5.41) is 3.67. The summed E-state index contributed by atoms with van der Waals surface area (Å²) < 4.78 is 32.6. The normalized spacial score (nSPS) is 16.9. The minimum absolute atomic E-state index is 0.00526. The van der Waals surface area contributed by atoms with Gasteiger partial charge < -0.3 is 9.42 Å². The number of carbonyl (C=O) groups is 1. The largest absolute Gasteiger partial charge is 0.360 e. The van der Waals surface area contributed by atoms with Gasteiger partial charge in [0.2, 0.25) is 15.9 Å². The van der Waals surface area contributed by atoms with Gasteiger partial charge in [-0.05, 0) is 38.5 Å². The van der Waals surface area contributed by atoms with E-state index in [1.54, 1.807) is 31.1 Å². The van der Waals surface area contributed by atoms with Gasteiger partial charge in [-0.1, -0.05) is 5.16 Å². The maximum Gasteiger partial charge on any atom is 0.246 e. The Kier molecular flexibility index (Phi) is 6.11. The van der Waals surface area contributed by atoms with E-state index in [-0.39, 0.29) is 22.3 Å². The van der Waals surface area contributed by atoms with Gasteiger partial charge in [-0.3, -0.25) is 14.7 Å². The van der Waals surface area contributed by atoms with Crippen molar-refractivity contribution in [1.29, 1.82) is 0 Å². The van der Waals surface area contributed by atoms with E-state index in [0.717, 1.165) is 19.6 Å². The van der Waals surface area contributed by atoms with Gasteiger partial charge in [0.25, 0.3) is 0 Å². The van der Waals surface area contributed by atoms with Gasteiger partial charge in [-0.25, -0.2) is 8.42 Å². The molecule has 1 fully saturated rings. The van der Waals surface area contributed by atoms with Gasteiger partial charge in [-0.2, -0.15) is 4.72 Å². The van der Waals surface area contributed by atoms with E-state index in [9.17, 15) is 13.2 Å². The summed E-state index contributed by atoms with van der Waals surface area (Å²) in [4.78, 5) is 20.7. The van der Waals surface area contributed by atoms with Gasteiger partial charge in [0, 0.05) is 45.1 Å². The van der Waals surface area contributed by atoms with Crippen molar-refractivity contribution < 1.29 is 17.7 Å². The fourth-order valence-electron chi connectivity index (χ4n) is 3.35. The quantitative estimate of drug-likeness (QED) is 0.751. The predicted octanol–water partition coefficient (Wildman–Crippen LogP) is 0.698. The van der Waals surface area contributed by atoms with Crippen LogP contribution in [0.25, 0.3) is 0 Å². The van der Waals surface area contributed by atoms with E-state index in [1.807, 2.05) is 12.1 Å². The number of rotatable bonds is 6. The Labute approximate surface area is 164 Å². The molecule has 1 N–H and O–H groups in total. The molecule has 1 aliphatic heterocycles. The number of pyridine rings is 1. The topological polar surface area (TPSA) is 109 Å². The lowest BCUT2D eigenvalue weighted by atomic mass is 10.2. The third-order valence-corrected chi connectivity index (χ3v) is 6.56. The van der Waals surface area contributed by atoms with E-state index in [4.69, 9.17) is 4.52 Å². The Morgan fingerprint density at radius 2 is 1.86 bits per heavy atom. The molecule has 1 saturated heterocycles. The third-order valence-electron chi connectivity index (χ3n) is 4.78. The molecule has 0 radical (unpaired) electrons. The van der Waals surface area contributed by atoms with Crippen LogP contribution in [0.5, 0.6) is 0 Å². The number of nitrogens with one attached hydrogen (secondary N) is 1. The summed E-state index contributed by atoms with van der Waals surface area (Å²) in [6, 6.07) is 3.08. The molecule has 1 amide bonds. The van der Waals surface area contributed by atoms with Crippen LogP contribution in [0.15, 0.2) is 33.9 Å². The Morgan fingerprint density at radius 1 is 1.21 bits per heavy atom. The van der Waals surface area contributed by atoms with Crippen LogP contribution in [-0.4, -0.2) is 66.5 Å². The van der Waals surface area contributed by atoms with Crippen LogP contribution in [-0.2, 0) is 21.4 Å². The molecular formula is C18H25N5O4S. The molecule has 0 aromatic carbocycles. The first-order valence-electron chi connectivity index (χ1n) is 9.13. The molecule has 0 saturated carbocycles. The second kappa shape index (κ2) is 8.38. The molecule has 1 atom stereocenters. The van der Waals surface area contributed by atoms with Crippen LogP contribution in [0.3, 0.4) is 0 Å². The first-order chi connectivity index (χ1) is 13.3. The lowest BCUT2D eigenvalue weighted by molar-refractivity contribution is -0.134. The lowest BCUT2D eigenvalue weighted by Crippen LogP contribution is -2.53. The highest BCUT2D eigenvalue weighted by Gasteiger charge is 2.31. The summed E-state index contributed by atoms with van der Waals surface area (Å²) >= 11 is 0. The second-order valence-electron chi connectivity index (χ2n) is 6.95. The van der Waals surface area contributed by atoms with Crippen molar-refractivity contribution in [3.63, 3.8) is 0 Å². The molecule has 152 valence electrons. The first kappa shape index (κ1) is 20.4. The van der Waals surface area contributed by atoms with Crippen LogP contribution in [0.1, 0.15) is 23.9 Å². The smallest absolute Gasteiger partial charge is 0.246 e. The van der Waals surface area contributed by atoms with Crippen molar-refractivity contribution in [3.8, 4) is 0 Å². The number of aryl methyl sites for hydroxylation is 2. The Bertz CT molecular complexity index is 901. The minimum atomic E-state index is -3.88. The molecule has 0 unspecified atom stereocenters. The van der Waals surface area contributed by atoms with Crippen molar-refractivity contribution >= 4 is 15.9 Å². The summed E-state index contributed by atoms with van der Waals surface area (Å²) in [6.45, 7) is 8.03. The highest BCUT2D eigenvalue weighted by molar-refractivity contribution is 7.89. The van der Waals surface area contributed by atoms with Crippen LogP contribution >= 0.6 is 0 Å². The maximum atomic E-state index is 12.7. The van der Waals surface area contributed by atoms with Gasteiger partial charge >= 0.3 is 0 Å². The number of piperazine rings is 1. The van der Waals surface area contributed by atoms with Crippen LogP contribution in [0.2, 0.25) is 0 Å². The number of hydrogen-bond acceptors (Lipinski definition) is 7. The number of carbonyl (C=O) groups excluding carboxylic acids is 1. The average molecular weight is 407 g/mol. The zero-order valence-corrected chi connectivity index (χ0v) is 17.1.